The van der Waals surface area contributed by atoms with Crippen LogP contribution in [0.5, 0.6) is 0 Å². The number of aliphatic hydroxyl groups excluding tert-OH is 1. The molecule has 1 saturated carbocycles. The summed E-state index contributed by atoms with van der Waals surface area (Å²) in [6, 6.07) is 2.72. The number of anilines is 1. The van der Waals surface area contributed by atoms with Gasteiger partial charge >= 0.3 is 5.69 Å². The fourth-order valence-corrected chi connectivity index (χ4v) is 2.64. The van der Waals surface area contributed by atoms with Crippen molar-refractivity contribution in [3.05, 3.63) is 27.4 Å². The van der Waals surface area contributed by atoms with E-state index in [2.05, 4.69) is 10.3 Å². The first-order valence-electron chi connectivity index (χ1n) is 6.22. The van der Waals surface area contributed by atoms with Gasteiger partial charge < -0.3 is 10.4 Å². The van der Waals surface area contributed by atoms with E-state index in [0.717, 1.165) is 25.7 Å². The fraction of sp³-hybridized carbons (Fsp3) is 0.583. The standard InChI is InChI=1S/C12H16ClN3O3/c13-10-4-3-9(16(18)19)11(15-10)14-7-12(8-17)5-1-2-6-12/h3-4,17H,1-2,5-8H2,(H,14,15). The van der Waals surface area contributed by atoms with Gasteiger partial charge in [0.2, 0.25) is 5.82 Å². The van der Waals surface area contributed by atoms with Crippen LogP contribution in [0.25, 0.3) is 0 Å². The number of aromatic nitrogens is 1. The molecule has 0 aromatic carbocycles. The van der Waals surface area contributed by atoms with E-state index >= 15 is 0 Å². The van der Waals surface area contributed by atoms with E-state index in [-0.39, 0.29) is 28.7 Å². The van der Waals surface area contributed by atoms with Crippen LogP contribution in [0, 0.1) is 15.5 Å². The van der Waals surface area contributed by atoms with Crippen molar-refractivity contribution in [3.63, 3.8) is 0 Å². The van der Waals surface area contributed by atoms with Gasteiger partial charge in [-0.05, 0) is 18.9 Å². The smallest absolute Gasteiger partial charge is 0.311 e. The molecule has 1 aliphatic rings. The third kappa shape index (κ3) is 3.13. The van der Waals surface area contributed by atoms with Gasteiger partial charge in [-0.25, -0.2) is 4.98 Å². The fourth-order valence-electron chi connectivity index (χ4n) is 2.49. The van der Waals surface area contributed by atoms with Gasteiger partial charge in [-0.15, -0.1) is 0 Å². The van der Waals surface area contributed by atoms with Crippen LogP contribution in [0.3, 0.4) is 0 Å². The molecule has 0 amide bonds. The number of rotatable bonds is 5. The summed E-state index contributed by atoms with van der Waals surface area (Å²) in [5.41, 5.74) is -0.298. The van der Waals surface area contributed by atoms with Crippen molar-refractivity contribution >= 4 is 23.1 Å². The Morgan fingerprint density at radius 3 is 2.74 bits per heavy atom. The maximum absolute atomic E-state index is 10.9. The molecule has 0 aliphatic heterocycles. The Labute approximate surface area is 116 Å². The van der Waals surface area contributed by atoms with E-state index in [1.807, 2.05) is 0 Å². The molecule has 2 rings (SSSR count). The normalized spacial score (nSPS) is 17.4. The monoisotopic (exact) mass is 285 g/mol. The highest BCUT2D eigenvalue weighted by atomic mass is 35.5. The van der Waals surface area contributed by atoms with E-state index < -0.39 is 4.92 Å². The first kappa shape index (κ1) is 14.0. The predicted octanol–water partition coefficient (Wildman–Crippen LogP) is 2.61. The Kier molecular flexibility index (Phi) is 4.21. The highest BCUT2D eigenvalue weighted by Gasteiger charge is 2.33. The van der Waals surface area contributed by atoms with Gasteiger partial charge in [0, 0.05) is 18.0 Å². The minimum atomic E-state index is -0.494. The second-order valence-corrected chi connectivity index (χ2v) is 5.36. The van der Waals surface area contributed by atoms with Gasteiger partial charge in [0.15, 0.2) is 0 Å². The second kappa shape index (κ2) is 5.71. The number of hydrogen-bond acceptors (Lipinski definition) is 5. The molecule has 1 aromatic heterocycles. The van der Waals surface area contributed by atoms with Gasteiger partial charge in [0.1, 0.15) is 5.15 Å². The number of hydrogen-bond donors (Lipinski definition) is 2. The van der Waals surface area contributed by atoms with Crippen LogP contribution in [0.1, 0.15) is 25.7 Å². The van der Waals surface area contributed by atoms with Crippen molar-refractivity contribution < 1.29 is 10.0 Å². The van der Waals surface area contributed by atoms with Gasteiger partial charge in [0.05, 0.1) is 11.5 Å². The highest BCUT2D eigenvalue weighted by molar-refractivity contribution is 6.29. The van der Waals surface area contributed by atoms with Crippen LogP contribution >= 0.6 is 11.6 Å². The minimum absolute atomic E-state index is 0.0777. The van der Waals surface area contributed by atoms with Crippen molar-refractivity contribution in [2.75, 3.05) is 18.5 Å². The summed E-state index contributed by atoms with van der Waals surface area (Å²) >= 11 is 5.76. The molecule has 1 aliphatic carbocycles. The van der Waals surface area contributed by atoms with Crippen molar-refractivity contribution in [2.24, 2.45) is 5.41 Å². The van der Waals surface area contributed by atoms with Gasteiger partial charge in [-0.3, -0.25) is 10.1 Å². The summed E-state index contributed by atoms with van der Waals surface area (Å²) in [6.45, 7) is 0.548. The zero-order valence-corrected chi connectivity index (χ0v) is 11.2. The van der Waals surface area contributed by atoms with Crippen molar-refractivity contribution in [1.82, 2.24) is 4.98 Å². The van der Waals surface area contributed by atoms with Crippen LogP contribution in [-0.2, 0) is 0 Å². The van der Waals surface area contributed by atoms with Gasteiger partial charge in [-0.2, -0.15) is 0 Å². The third-order valence-corrected chi connectivity index (χ3v) is 3.88. The van der Waals surface area contributed by atoms with E-state index in [9.17, 15) is 15.2 Å². The molecule has 0 radical (unpaired) electrons. The average Bonchev–Trinajstić information content (AvgIpc) is 2.85. The van der Waals surface area contributed by atoms with Crippen LogP contribution in [-0.4, -0.2) is 28.2 Å². The predicted molar refractivity (Wildman–Crippen MR) is 72.4 cm³/mol. The molecule has 19 heavy (non-hydrogen) atoms. The molecule has 0 saturated heterocycles. The summed E-state index contributed by atoms with van der Waals surface area (Å²) in [5.74, 6) is 0.164. The Morgan fingerprint density at radius 2 is 2.16 bits per heavy atom. The topological polar surface area (TPSA) is 88.3 Å². The Hall–Kier alpha value is -1.40. The minimum Gasteiger partial charge on any atom is -0.396 e. The second-order valence-electron chi connectivity index (χ2n) is 4.98. The molecule has 0 bridgehead atoms. The SMILES string of the molecule is O=[N+]([O-])c1ccc(Cl)nc1NCC1(CO)CCCC1. The number of pyridine rings is 1. The van der Waals surface area contributed by atoms with Gasteiger partial charge in [-0.1, -0.05) is 24.4 Å². The van der Waals surface area contributed by atoms with E-state index in [1.54, 1.807) is 0 Å². The molecule has 104 valence electrons. The molecule has 7 heteroatoms. The molecule has 0 atom stereocenters. The lowest BCUT2D eigenvalue weighted by Gasteiger charge is -2.26. The molecule has 1 aromatic rings. The molecule has 2 N–H and O–H groups in total. The van der Waals surface area contributed by atoms with Crippen LogP contribution < -0.4 is 5.32 Å². The van der Waals surface area contributed by atoms with E-state index in [1.165, 1.54) is 12.1 Å². The quantitative estimate of drug-likeness (QED) is 0.493. The molecule has 6 nitrogen and oxygen atoms in total. The highest BCUT2D eigenvalue weighted by Crippen LogP contribution is 2.38. The number of halogens is 1. The average molecular weight is 286 g/mol. The first-order chi connectivity index (χ1) is 9.06. The van der Waals surface area contributed by atoms with Crippen LogP contribution in [0.15, 0.2) is 12.1 Å². The molecular formula is C12H16ClN3O3. The summed E-state index contributed by atoms with van der Waals surface area (Å²) < 4.78 is 0. The maximum atomic E-state index is 10.9. The van der Waals surface area contributed by atoms with Crippen molar-refractivity contribution in [3.8, 4) is 0 Å². The summed E-state index contributed by atoms with van der Waals surface area (Å²) in [6.07, 6.45) is 4.00. The largest absolute Gasteiger partial charge is 0.396 e. The molecule has 0 unspecified atom stereocenters. The number of aliphatic hydroxyl groups is 1. The molecule has 1 fully saturated rings. The Balaban J connectivity index is 2.14. The van der Waals surface area contributed by atoms with E-state index in [4.69, 9.17) is 11.6 Å². The van der Waals surface area contributed by atoms with Crippen molar-refractivity contribution in [2.45, 2.75) is 25.7 Å². The summed E-state index contributed by atoms with van der Waals surface area (Å²) in [4.78, 5) is 14.4. The summed E-state index contributed by atoms with van der Waals surface area (Å²) in [7, 11) is 0. The molecule has 0 spiro atoms. The Morgan fingerprint density at radius 1 is 1.47 bits per heavy atom. The van der Waals surface area contributed by atoms with Crippen LogP contribution in [0.2, 0.25) is 5.15 Å². The number of nitrogens with zero attached hydrogens (tertiary/aromatic N) is 2. The number of nitro groups is 1. The lowest BCUT2D eigenvalue weighted by Crippen LogP contribution is -2.31. The summed E-state index contributed by atoms with van der Waals surface area (Å²) in [5, 5.41) is 23.6. The number of nitrogens with one attached hydrogen (secondary N) is 1. The van der Waals surface area contributed by atoms with Crippen LogP contribution in [0.4, 0.5) is 11.5 Å². The zero-order valence-electron chi connectivity index (χ0n) is 10.4. The zero-order chi connectivity index (χ0) is 13.9. The van der Waals surface area contributed by atoms with E-state index in [0.29, 0.717) is 6.54 Å². The molecule has 1 heterocycles. The lowest BCUT2D eigenvalue weighted by atomic mass is 9.87. The maximum Gasteiger partial charge on any atom is 0.311 e. The third-order valence-electron chi connectivity index (χ3n) is 3.67. The van der Waals surface area contributed by atoms with Crippen molar-refractivity contribution in [1.29, 1.82) is 0 Å². The lowest BCUT2D eigenvalue weighted by molar-refractivity contribution is -0.384. The molecular weight excluding hydrogens is 270 g/mol. The van der Waals surface area contributed by atoms with Gasteiger partial charge in [0.25, 0.3) is 0 Å². The Bertz CT molecular complexity index is 475. The first-order valence-corrected chi connectivity index (χ1v) is 6.60.